The molecule has 2 saturated heterocycles. The van der Waals surface area contributed by atoms with E-state index in [1.54, 1.807) is 0 Å². The van der Waals surface area contributed by atoms with Gasteiger partial charge in [-0.15, -0.1) is 0 Å². The number of rotatable bonds is 2. The van der Waals surface area contributed by atoms with Crippen LogP contribution < -0.4 is 5.32 Å². The van der Waals surface area contributed by atoms with Gasteiger partial charge < -0.3 is 10.2 Å². The first-order valence-corrected chi connectivity index (χ1v) is 5.20. The Morgan fingerprint density at radius 3 is 2.20 bits per heavy atom. The van der Waals surface area contributed by atoms with E-state index in [0.29, 0.717) is 32.2 Å². The molecule has 15 heavy (non-hydrogen) atoms. The highest BCUT2D eigenvalue weighted by atomic mass is 19.3. The van der Waals surface area contributed by atoms with Crippen molar-refractivity contribution in [1.82, 2.24) is 15.1 Å². The second-order valence-electron chi connectivity index (χ2n) is 3.97. The third-order valence-electron chi connectivity index (χ3n) is 3.09. The van der Waals surface area contributed by atoms with Gasteiger partial charge in [-0.25, -0.2) is 0 Å². The molecule has 0 unspecified atom stereocenters. The fraction of sp³-hybridized carbons (Fsp3) is 0.889. The molecule has 1 amide bonds. The van der Waals surface area contributed by atoms with Crippen LogP contribution in [0.1, 0.15) is 0 Å². The van der Waals surface area contributed by atoms with Gasteiger partial charge >= 0.3 is 6.43 Å². The summed E-state index contributed by atoms with van der Waals surface area (Å²) in [5.41, 5.74) is 0. The van der Waals surface area contributed by atoms with Gasteiger partial charge in [0.2, 0.25) is 0 Å². The van der Waals surface area contributed by atoms with Crippen molar-refractivity contribution in [1.29, 1.82) is 0 Å². The summed E-state index contributed by atoms with van der Waals surface area (Å²) >= 11 is 0. The van der Waals surface area contributed by atoms with E-state index in [2.05, 4.69) is 10.2 Å². The summed E-state index contributed by atoms with van der Waals surface area (Å²) in [7, 11) is 0. The van der Waals surface area contributed by atoms with Crippen LogP contribution in [-0.4, -0.2) is 67.4 Å². The van der Waals surface area contributed by atoms with Gasteiger partial charge in [0.25, 0.3) is 5.91 Å². The van der Waals surface area contributed by atoms with Crippen molar-refractivity contribution in [3.8, 4) is 0 Å². The Balaban J connectivity index is 1.78. The summed E-state index contributed by atoms with van der Waals surface area (Å²) in [6.07, 6.45) is -2.86. The van der Waals surface area contributed by atoms with E-state index in [4.69, 9.17) is 0 Å². The Bertz CT molecular complexity index is 238. The van der Waals surface area contributed by atoms with E-state index >= 15 is 0 Å². The maximum absolute atomic E-state index is 12.1. The van der Waals surface area contributed by atoms with Gasteiger partial charge in [-0.2, -0.15) is 8.78 Å². The monoisotopic (exact) mass is 219 g/mol. The van der Waals surface area contributed by atoms with Crippen LogP contribution in [0.2, 0.25) is 0 Å². The van der Waals surface area contributed by atoms with E-state index < -0.39 is 12.3 Å². The number of hydrogen-bond donors (Lipinski definition) is 1. The van der Waals surface area contributed by atoms with Gasteiger partial charge in [0.05, 0.1) is 0 Å². The van der Waals surface area contributed by atoms with Crippen molar-refractivity contribution in [3.63, 3.8) is 0 Å². The number of nitrogens with zero attached hydrogens (tertiary/aromatic N) is 2. The van der Waals surface area contributed by atoms with Crippen molar-refractivity contribution in [2.45, 2.75) is 12.5 Å². The number of piperazine rings is 1. The zero-order valence-electron chi connectivity index (χ0n) is 8.46. The Hall–Kier alpha value is -0.750. The summed E-state index contributed by atoms with van der Waals surface area (Å²) in [5.74, 6) is -1.03. The Kier molecular flexibility index (Phi) is 3.16. The van der Waals surface area contributed by atoms with Crippen molar-refractivity contribution in [2.24, 2.45) is 0 Å². The summed E-state index contributed by atoms with van der Waals surface area (Å²) in [4.78, 5) is 14.5. The van der Waals surface area contributed by atoms with E-state index in [1.807, 2.05) is 0 Å². The smallest absolute Gasteiger partial charge is 0.315 e. The van der Waals surface area contributed by atoms with Gasteiger partial charge in [0, 0.05) is 45.3 Å². The molecule has 2 aliphatic rings. The largest absolute Gasteiger partial charge is 0.335 e. The fourth-order valence-corrected chi connectivity index (χ4v) is 1.98. The Morgan fingerprint density at radius 2 is 1.80 bits per heavy atom. The lowest BCUT2D eigenvalue weighted by atomic mass is 10.1. The number of nitrogens with one attached hydrogen (secondary N) is 1. The maximum Gasteiger partial charge on any atom is 0.315 e. The summed E-state index contributed by atoms with van der Waals surface area (Å²) < 4.78 is 24.3. The number of amides is 1. The quantitative estimate of drug-likeness (QED) is 0.671. The van der Waals surface area contributed by atoms with Gasteiger partial charge in [-0.3, -0.25) is 9.69 Å². The van der Waals surface area contributed by atoms with Gasteiger partial charge in [0.15, 0.2) is 0 Å². The highest BCUT2D eigenvalue weighted by Gasteiger charge is 2.31. The average molecular weight is 219 g/mol. The van der Waals surface area contributed by atoms with Gasteiger partial charge in [0.1, 0.15) is 0 Å². The maximum atomic E-state index is 12.1. The summed E-state index contributed by atoms with van der Waals surface area (Å²) in [5, 5.41) is 3.17. The molecule has 0 radical (unpaired) electrons. The van der Waals surface area contributed by atoms with Crippen LogP contribution >= 0.6 is 0 Å². The minimum atomic E-state index is -2.86. The number of carbonyl (C=O) groups excluding carboxylic acids is 1. The third-order valence-corrected chi connectivity index (χ3v) is 3.09. The SMILES string of the molecule is O=C(C(F)F)N1CCN(C2CNC2)CC1. The van der Waals surface area contributed by atoms with Crippen molar-refractivity contribution in [2.75, 3.05) is 39.3 Å². The van der Waals surface area contributed by atoms with Crippen LogP contribution in [0.15, 0.2) is 0 Å². The first-order chi connectivity index (χ1) is 7.18. The third kappa shape index (κ3) is 2.26. The molecule has 0 spiro atoms. The number of alkyl halides is 2. The molecular formula is C9H15F2N3O. The highest BCUT2D eigenvalue weighted by Crippen LogP contribution is 2.11. The molecule has 0 aromatic heterocycles. The predicted molar refractivity (Wildman–Crippen MR) is 50.8 cm³/mol. The van der Waals surface area contributed by atoms with E-state index in [-0.39, 0.29) is 0 Å². The second kappa shape index (κ2) is 4.40. The minimum Gasteiger partial charge on any atom is -0.335 e. The molecular weight excluding hydrogens is 204 g/mol. The summed E-state index contributed by atoms with van der Waals surface area (Å²) in [6, 6.07) is 0.536. The minimum absolute atomic E-state index is 0.430. The van der Waals surface area contributed by atoms with Crippen molar-refractivity contribution >= 4 is 5.91 Å². The molecule has 0 atom stereocenters. The van der Waals surface area contributed by atoms with Crippen LogP contribution in [0.4, 0.5) is 8.78 Å². The van der Waals surface area contributed by atoms with Crippen LogP contribution in [0.3, 0.4) is 0 Å². The zero-order valence-corrected chi connectivity index (χ0v) is 8.46. The summed E-state index contributed by atoms with van der Waals surface area (Å²) in [6.45, 7) is 4.24. The molecule has 2 heterocycles. The lowest BCUT2D eigenvalue weighted by Crippen LogP contribution is -2.62. The normalized spacial score (nSPS) is 24.3. The van der Waals surface area contributed by atoms with Gasteiger partial charge in [-0.05, 0) is 0 Å². The standard InChI is InChI=1S/C9H15F2N3O/c10-8(11)9(15)14-3-1-13(2-4-14)7-5-12-6-7/h7-8,12H,1-6H2. The van der Waals surface area contributed by atoms with Crippen LogP contribution in [0, 0.1) is 0 Å². The van der Waals surface area contributed by atoms with Crippen molar-refractivity contribution in [3.05, 3.63) is 0 Å². The second-order valence-corrected chi connectivity index (χ2v) is 3.97. The molecule has 0 aromatic rings. The Morgan fingerprint density at radius 1 is 1.20 bits per heavy atom. The molecule has 6 heteroatoms. The van der Waals surface area contributed by atoms with Crippen LogP contribution in [-0.2, 0) is 4.79 Å². The lowest BCUT2D eigenvalue weighted by molar-refractivity contribution is -0.145. The molecule has 2 aliphatic heterocycles. The predicted octanol–water partition coefficient (Wildman–Crippen LogP) is -0.632. The molecule has 0 aliphatic carbocycles. The number of halogens is 2. The molecule has 0 aromatic carbocycles. The van der Waals surface area contributed by atoms with Crippen LogP contribution in [0.25, 0.3) is 0 Å². The molecule has 4 nitrogen and oxygen atoms in total. The zero-order chi connectivity index (χ0) is 10.8. The molecule has 0 saturated carbocycles. The van der Waals surface area contributed by atoms with Crippen LogP contribution in [0.5, 0.6) is 0 Å². The first-order valence-electron chi connectivity index (χ1n) is 5.20. The Labute approximate surface area is 87.2 Å². The molecule has 2 fully saturated rings. The molecule has 86 valence electrons. The van der Waals surface area contributed by atoms with E-state index in [0.717, 1.165) is 13.1 Å². The lowest BCUT2D eigenvalue weighted by Gasteiger charge is -2.43. The topological polar surface area (TPSA) is 35.6 Å². The van der Waals surface area contributed by atoms with Crippen molar-refractivity contribution < 1.29 is 13.6 Å². The fourth-order valence-electron chi connectivity index (χ4n) is 1.98. The number of hydrogen-bond acceptors (Lipinski definition) is 3. The van der Waals surface area contributed by atoms with Gasteiger partial charge in [-0.1, -0.05) is 0 Å². The van der Waals surface area contributed by atoms with E-state index in [9.17, 15) is 13.6 Å². The molecule has 2 rings (SSSR count). The average Bonchev–Trinajstić information content (AvgIpc) is 2.15. The highest BCUT2D eigenvalue weighted by molar-refractivity contribution is 5.79. The molecule has 1 N–H and O–H groups in total. The van der Waals surface area contributed by atoms with E-state index in [1.165, 1.54) is 4.90 Å². The molecule has 0 bridgehead atoms. The number of carbonyl (C=O) groups is 1. The first kappa shape index (κ1) is 10.8.